The average Bonchev–Trinajstić information content (AvgIpc) is 2.36. The van der Waals surface area contributed by atoms with Crippen LogP contribution in [-0.2, 0) is 0 Å². The van der Waals surface area contributed by atoms with Crippen molar-refractivity contribution >= 4 is 12.2 Å². The van der Waals surface area contributed by atoms with Crippen molar-refractivity contribution in [3.05, 3.63) is 23.8 Å². The molecule has 0 amide bonds. The summed E-state index contributed by atoms with van der Waals surface area (Å²) in [5.41, 5.74) is 11.3. The monoisotopic (exact) mass is 251 g/mol. The number of benzene rings is 1. The molecule has 5 N–H and O–H groups in total. The number of hydrogen-bond donors (Lipinski definition) is 3. The van der Waals surface area contributed by atoms with Crippen LogP contribution < -0.4 is 26.0 Å². The topological polar surface area (TPSA) is 96.8 Å². The molecule has 1 rings (SSSR count). The summed E-state index contributed by atoms with van der Waals surface area (Å²) in [6.07, 6.45) is 2.61. The maximum atomic E-state index is 5.55. The summed E-state index contributed by atoms with van der Waals surface area (Å²) >= 11 is 0. The number of guanidine groups is 1. The molecule has 6 nitrogen and oxygen atoms in total. The van der Waals surface area contributed by atoms with Gasteiger partial charge >= 0.3 is 0 Å². The number of nitrogens with two attached hydrogens (primary N) is 2. The van der Waals surface area contributed by atoms with Crippen molar-refractivity contribution in [1.82, 2.24) is 0 Å². The van der Waals surface area contributed by atoms with Gasteiger partial charge in [0.2, 0.25) is 6.21 Å². The van der Waals surface area contributed by atoms with E-state index in [4.69, 9.17) is 20.9 Å². The van der Waals surface area contributed by atoms with Crippen molar-refractivity contribution in [1.29, 1.82) is 0 Å². The normalized spacial score (nSPS) is 10.3. The Hall–Kier alpha value is -2.24. The minimum atomic E-state index is -0.0267. The second-order valence-electron chi connectivity index (χ2n) is 3.57. The lowest BCUT2D eigenvalue weighted by Crippen LogP contribution is -2.63. The lowest BCUT2D eigenvalue weighted by Gasteiger charge is -2.09. The molecule has 0 aliphatic carbocycles. The molecule has 0 atom stereocenters. The molecule has 0 spiro atoms. The van der Waals surface area contributed by atoms with E-state index in [-0.39, 0.29) is 5.96 Å². The van der Waals surface area contributed by atoms with Gasteiger partial charge in [0.1, 0.15) is 0 Å². The number of rotatable bonds is 6. The summed E-state index contributed by atoms with van der Waals surface area (Å²) in [7, 11) is 1.60. The summed E-state index contributed by atoms with van der Waals surface area (Å²) in [4.78, 5) is 0. The van der Waals surface area contributed by atoms with Crippen molar-refractivity contribution in [2.45, 2.75) is 13.3 Å². The number of ether oxygens (including phenoxy) is 2. The number of nitrogens with one attached hydrogen (secondary N) is 1. The van der Waals surface area contributed by atoms with Crippen molar-refractivity contribution in [3.63, 3.8) is 0 Å². The maximum Gasteiger partial charge on any atom is 0.256 e. The molecule has 98 valence electrons. The van der Waals surface area contributed by atoms with Crippen molar-refractivity contribution in [2.24, 2.45) is 16.6 Å². The molecule has 1 aromatic rings. The van der Waals surface area contributed by atoms with Crippen LogP contribution in [0.2, 0.25) is 0 Å². The molecule has 6 heteroatoms. The highest BCUT2D eigenvalue weighted by atomic mass is 16.5. The lowest BCUT2D eigenvalue weighted by molar-refractivity contribution is -0.456. The van der Waals surface area contributed by atoms with Gasteiger partial charge in [-0.15, -0.1) is 5.10 Å². The van der Waals surface area contributed by atoms with Gasteiger partial charge in [0.05, 0.1) is 13.7 Å². The smallest absolute Gasteiger partial charge is 0.256 e. The minimum Gasteiger partial charge on any atom is -0.493 e. The van der Waals surface area contributed by atoms with Crippen LogP contribution in [0.5, 0.6) is 11.5 Å². The zero-order chi connectivity index (χ0) is 13.4. The van der Waals surface area contributed by atoms with Crippen molar-refractivity contribution in [2.75, 3.05) is 13.7 Å². The zero-order valence-corrected chi connectivity index (χ0v) is 10.6. The van der Waals surface area contributed by atoms with Crippen LogP contribution in [0.1, 0.15) is 18.9 Å². The van der Waals surface area contributed by atoms with Gasteiger partial charge in [-0.05, 0) is 24.6 Å². The van der Waals surface area contributed by atoms with E-state index < -0.39 is 0 Å². The first kappa shape index (κ1) is 13.8. The Labute approximate surface area is 106 Å². The number of hydrazone groups is 1. The van der Waals surface area contributed by atoms with Crippen molar-refractivity contribution < 1.29 is 14.6 Å². The molecule has 0 aliphatic rings. The van der Waals surface area contributed by atoms with Gasteiger partial charge in [-0.3, -0.25) is 0 Å². The average molecular weight is 251 g/mol. The third-order valence-electron chi connectivity index (χ3n) is 2.07. The van der Waals surface area contributed by atoms with Crippen LogP contribution in [0.15, 0.2) is 23.3 Å². The number of hydrogen-bond acceptors (Lipinski definition) is 3. The summed E-state index contributed by atoms with van der Waals surface area (Å²) in [6, 6.07) is 5.56. The number of nitrogens with zero attached hydrogens (tertiary/aromatic N) is 1. The van der Waals surface area contributed by atoms with Gasteiger partial charge in [0.25, 0.3) is 5.96 Å². The predicted molar refractivity (Wildman–Crippen MR) is 70.7 cm³/mol. The van der Waals surface area contributed by atoms with Crippen LogP contribution in [-0.4, -0.2) is 25.9 Å². The molecule has 0 heterocycles. The molecule has 1 aromatic carbocycles. The predicted octanol–water partition coefficient (Wildman–Crippen LogP) is -0.828. The van der Waals surface area contributed by atoms with Crippen LogP contribution in [0.3, 0.4) is 0 Å². The Morgan fingerprint density at radius 3 is 2.78 bits per heavy atom. The number of methoxy groups -OCH3 is 1. The second-order valence-corrected chi connectivity index (χ2v) is 3.57. The van der Waals surface area contributed by atoms with E-state index in [2.05, 4.69) is 10.2 Å². The molecule has 0 saturated heterocycles. The van der Waals surface area contributed by atoms with Crippen molar-refractivity contribution in [3.8, 4) is 11.5 Å². The van der Waals surface area contributed by atoms with Gasteiger partial charge in [0.15, 0.2) is 11.5 Å². The summed E-state index contributed by atoms with van der Waals surface area (Å²) in [5, 5.41) is 6.27. The van der Waals surface area contributed by atoms with Crippen LogP contribution in [0.4, 0.5) is 0 Å². The molecule has 0 aliphatic heterocycles. The lowest BCUT2D eigenvalue weighted by atomic mass is 10.2. The highest BCUT2D eigenvalue weighted by Crippen LogP contribution is 2.27. The minimum absolute atomic E-state index is 0.0267. The Morgan fingerprint density at radius 2 is 2.17 bits per heavy atom. The maximum absolute atomic E-state index is 5.55. The molecule has 0 bridgehead atoms. The van der Waals surface area contributed by atoms with E-state index in [1.165, 1.54) is 0 Å². The van der Waals surface area contributed by atoms with E-state index >= 15 is 0 Å². The van der Waals surface area contributed by atoms with E-state index in [1.807, 2.05) is 25.1 Å². The summed E-state index contributed by atoms with van der Waals surface area (Å²) in [6.45, 7) is 2.71. The second kappa shape index (κ2) is 7.16. The molecule has 0 fully saturated rings. The fourth-order valence-corrected chi connectivity index (χ4v) is 1.29. The van der Waals surface area contributed by atoms with Gasteiger partial charge in [-0.25, -0.2) is 0 Å². The first-order chi connectivity index (χ1) is 8.67. The highest BCUT2D eigenvalue weighted by Gasteiger charge is 2.05. The Bertz CT molecular complexity index is 440. The molecule has 0 unspecified atom stereocenters. The van der Waals surface area contributed by atoms with E-state index in [0.717, 1.165) is 17.7 Å². The fourth-order valence-electron chi connectivity index (χ4n) is 1.29. The molecular formula is C12H19N4O2+. The summed E-state index contributed by atoms with van der Waals surface area (Å²) in [5.74, 6) is 1.36. The first-order valence-electron chi connectivity index (χ1n) is 5.65. The van der Waals surface area contributed by atoms with Crippen LogP contribution >= 0.6 is 0 Å². The van der Waals surface area contributed by atoms with Crippen LogP contribution in [0.25, 0.3) is 0 Å². The van der Waals surface area contributed by atoms with Gasteiger partial charge < -0.3 is 20.9 Å². The van der Waals surface area contributed by atoms with E-state index in [1.54, 1.807) is 13.3 Å². The standard InChI is InChI=1S/C12H18N4O2/c1-3-6-18-10-5-4-9(7-11(10)17-2)8-15-16-12(13)14/h4-5,7-8H,3,6H2,1-2H3,(H4,13,14,16)/p+1/b15-8-. The Morgan fingerprint density at radius 1 is 1.39 bits per heavy atom. The summed E-state index contributed by atoms with van der Waals surface area (Å²) < 4.78 is 10.8. The Kier molecular flexibility index (Phi) is 5.50. The largest absolute Gasteiger partial charge is 0.493 e. The third-order valence-corrected chi connectivity index (χ3v) is 2.07. The van der Waals surface area contributed by atoms with E-state index in [9.17, 15) is 0 Å². The first-order valence-corrected chi connectivity index (χ1v) is 5.65. The fraction of sp³-hybridized carbons (Fsp3) is 0.333. The molecule has 0 saturated carbocycles. The highest BCUT2D eigenvalue weighted by molar-refractivity contribution is 5.78. The SMILES string of the molecule is CCCOc1ccc(/C=[NH+]\N=C(N)N)cc1OC. The third kappa shape index (κ3) is 4.32. The van der Waals surface area contributed by atoms with Gasteiger partial charge in [0, 0.05) is 10.7 Å². The molecule has 18 heavy (non-hydrogen) atoms. The van der Waals surface area contributed by atoms with Gasteiger partial charge in [-0.1, -0.05) is 6.92 Å². The molecular weight excluding hydrogens is 232 g/mol. The zero-order valence-electron chi connectivity index (χ0n) is 10.6. The van der Waals surface area contributed by atoms with E-state index in [0.29, 0.717) is 12.4 Å². The van der Waals surface area contributed by atoms with Gasteiger partial charge in [-0.2, -0.15) is 0 Å². The van der Waals surface area contributed by atoms with Crippen LogP contribution in [0, 0.1) is 0 Å². The molecule has 0 aromatic heterocycles. The quantitative estimate of drug-likeness (QED) is 0.349. The Balaban J connectivity index is 2.84. The molecule has 0 radical (unpaired) electrons.